The van der Waals surface area contributed by atoms with Crippen molar-refractivity contribution in [3.8, 4) is 5.75 Å². The van der Waals surface area contributed by atoms with Crippen molar-refractivity contribution in [2.75, 3.05) is 24.6 Å². The highest BCUT2D eigenvalue weighted by Gasteiger charge is 2.35. The van der Waals surface area contributed by atoms with Crippen molar-refractivity contribution < 1.29 is 19.6 Å². The summed E-state index contributed by atoms with van der Waals surface area (Å²) >= 11 is 0. The van der Waals surface area contributed by atoms with Crippen LogP contribution in [0.1, 0.15) is 13.8 Å². The van der Waals surface area contributed by atoms with E-state index in [-0.39, 0.29) is 17.4 Å². The predicted octanol–water partition coefficient (Wildman–Crippen LogP) is 2.15. The third kappa shape index (κ3) is 3.07. The molecule has 1 saturated heterocycles. The number of aliphatic carboxylic acids is 1. The van der Waals surface area contributed by atoms with Crippen LogP contribution >= 0.6 is 0 Å². The van der Waals surface area contributed by atoms with Gasteiger partial charge in [0.15, 0.2) is 5.75 Å². The van der Waals surface area contributed by atoms with Gasteiger partial charge in [-0.3, -0.25) is 14.9 Å². The molecule has 0 bridgehead atoms. The van der Waals surface area contributed by atoms with Gasteiger partial charge in [0.2, 0.25) is 0 Å². The molecule has 0 aliphatic carbocycles. The van der Waals surface area contributed by atoms with E-state index in [1.165, 1.54) is 6.07 Å². The first-order valence-electron chi connectivity index (χ1n) is 6.83. The van der Waals surface area contributed by atoms with Gasteiger partial charge < -0.3 is 14.7 Å². The molecule has 0 saturated carbocycles. The summed E-state index contributed by atoms with van der Waals surface area (Å²) in [6.07, 6.45) is 0. The van der Waals surface area contributed by atoms with Crippen LogP contribution in [0.3, 0.4) is 0 Å². The Morgan fingerprint density at radius 1 is 1.52 bits per heavy atom. The molecular formula is C14H18N2O5. The number of ether oxygens (including phenoxy) is 1. The van der Waals surface area contributed by atoms with Gasteiger partial charge in [-0.15, -0.1) is 0 Å². The van der Waals surface area contributed by atoms with Crippen molar-refractivity contribution in [1.29, 1.82) is 0 Å². The fraction of sp³-hybridized carbons (Fsp3) is 0.500. The van der Waals surface area contributed by atoms with Crippen LogP contribution in [0.15, 0.2) is 18.2 Å². The lowest BCUT2D eigenvalue weighted by Crippen LogP contribution is -2.23. The van der Waals surface area contributed by atoms with Crippen LogP contribution in [0.2, 0.25) is 0 Å². The number of rotatable bonds is 5. The van der Waals surface area contributed by atoms with E-state index in [1.54, 1.807) is 19.1 Å². The monoisotopic (exact) mass is 294 g/mol. The Bertz CT molecular complexity index is 560. The maximum absolute atomic E-state index is 11.2. The Labute approximate surface area is 122 Å². The minimum absolute atomic E-state index is 0.0354. The molecule has 2 rings (SSSR count). The number of nitrogens with zero attached hydrogens (tertiary/aromatic N) is 2. The first-order valence-corrected chi connectivity index (χ1v) is 6.83. The van der Waals surface area contributed by atoms with Crippen molar-refractivity contribution in [2.24, 2.45) is 11.8 Å². The van der Waals surface area contributed by atoms with Crippen LogP contribution in [0.5, 0.6) is 5.75 Å². The zero-order valence-electron chi connectivity index (χ0n) is 12.0. The van der Waals surface area contributed by atoms with Crippen molar-refractivity contribution in [3.63, 3.8) is 0 Å². The van der Waals surface area contributed by atoms with Crippen LogP contribution in [0, 0.1) is 22.0 Å². The minimum Gasteiger partial charge on any atom is -0.487 e. The van der Waals surface area contributed by atoms with E-state index in [1.807, 2.05) is 11.8 Å². The molecule has 2 unspecified atom stereocenters. The topological polar surface area (TPSA) is 92.9 Å². The SMILES string of the molecule is CCOc1cc(N2CC(C)C(C(=O)O)C2)ccc1[N+](=O)[O-]. The summed E-state index contributed by atoms with van der Waals surface area (Å²) in [6.45, 7) is 5.00. The summed E-state index contributed by atoms with van der Waals surface area (Å²) in [7, 11) is 0. The highest BCUT2D eigenvalue weighted by atomic mass is 16.6. The molecule has 1 aromatic carbocycles. The minimum atomic E-state index is -0.808. The van der Waals surface area contributed by atoms with Crippen LogP contribution < -0.4 is 9.64 Å². The number of hydrogen-bond acceptors (Lipinski definition) is 5. The molecule has 1 N–H and O–H groups in total. The normalized spacial score (nSPS) is 21.3. The fourth-order valence-corrected chi connectivity index (χ4v) is 2.62. The van der Waals surface area contributed by atoms with E-state index in [2.05, 4.69) is 0 Å². The fourth-order valence-electron chi connectivity index (χ4n) is 2.62. The molecule has 1 fully saturated rings. The van der Waals surface area contributed by atoms with Gasteiger partial charge in [0.1, 0.15) is 0 Å². The van der Waals surface area contributed by atoms with Gasteiger partial charge in [-0.2, -0.15) is 0 Å². The van der Waals surface area contributed by atoms with Crippen molar-refractivity contribution in [3.05, 3.63) is 28.3 Å². The summed E-state index contributed by atoms with van der Waals surface area (Å²) in [5, 5.41) is 20.1. The standard InChI is InChI=1S/C14H18N2O5/c1-3-21-13-6-10(4-5-12(13)16(19)20)15-7-9(2)11(8-15)14(17)18/h4-6,9,11H,3,7-8H2,1-2H3,(H,17,18). The van der Waals surface area contributed by atoms with E-state index >= 15 is 0 Å². The summed E-state index contributed by atoms with van der Waals surface area (Å²) in [6, 6.07) is 4.65. The third-order valence-corrected chi connectivity index (χ3v) is 3.73. The summed E-state index contributed by atoms with van der Waals surface area (Å²) in [5.74, 6) is -0.979. The highest BCUT2D eigenvalue weighted by molar-refractivity contribution is 5.73. The van der Waals surface area contributed by atoms with E-state index in [0.717, 1.165) is 5.69 Å². The van der Waals surface area contributed by atoms with Crippen LogP contribution in [-0.2, 0) is 4.79 Å². The van der Waals surface area contributed by atoms with E-state index in [0.29, 0.717) is 19.7 Å². The molecule has 2 atom stereocenters. The molecule has 7 nitrogen and oxygen atoms in total. The number of nitro benzene ring substituents is 1. The smallest absolute Gasteiger partial charge is 0.311 e. The third-order valence-electron chi connectivity index (χ3n) is 3.73. The van der Waals surface area contributed by atoms with Crippen LogP contribution in [0.25, 0.3) is 0 Å². The molecule has 1 heterocycles. The molecule has 0 spiro atoms. The number of hydrogen-bond donors (Lipinski definition) is 1. The molecule has 0 aromatic heterocycles. The Kier molecular flexibility index (Phi) is 4.30. The van der Waals surface area contributed by atoms with Gasteiger partial charge in [0.25, 0.3) is 0 Å². The second-order valence-electron chi connectivity index (χ2n) is 5.17. The van der Waals surface area contributed by atoms with E-state index in [4.69, 9.17) is 9.84 Å². The molecule has 1 aliphatic rings. The average molecular weight is 294 g/mol. The molecule has 0 radical (unpaired) electrons. The highest BCUT2D eigenvalue weighted by Crippen LogP contribution is 2.35. The van der Waals surface area contributed by atoms with Crippen molar-refractivity contribution in [1.82, 2.24) is 0 Å². The van der Waals surface area contributed by atoms with Gasteiger partial charge in [-0.05, 0) is 18.9 Å². The zero-order valence-corrected chi connectivity index (χ0v) is 12.0. The van der Waals surface area contributed by atoms with Crippen molar-refractivity contribution in [2.45, 2.75) is 13.8 Å². The maximum Gasteiger partial charge on any atom is 0.311 e. The summed E-state index contributed by atoms with van der Waals surface area (Å²) in [5.41, 5.74) is 0.669. The van der Waals surface area contributed by atoms with E-state index < -0.39 is 16.8 Å². The van der Waals surface area contributed by atoms with Crippen molar-refractivity contribution >= 4 is 17.3 Å². The Morgan fingerprint density at radius 2 is 2.24 bits per heavy atom. The van der Waals surface area contributed by atoms with Gasteiger partial charge >= 0.3 is 11.7 Å². The van der Waals surface area contributed by atoms with Gasteiger partial charge in [0, 0.05) is 30.9 Å². The summed E-state index contributed by atoms with van der Waals surface area (Å²) in [4.78, 5) is 23.6. The molecule has 1 aromatic rings. The number of carbonyl (C=O) groups is 1. The van der Waals surface area contributed by atoms with Gasteiger partial charge in [-0.1, -0.05) is 6.92 Å². The molecular weight excluding hydrogens is 276 g/mol. The quantitative estimate of drug-likeness (QED) is 0.660. The van der Waals surface area contributed by atoms with E-state index in [9.17, 15) is 14.9 Å². The molecule has 7 heteroatoms. The second-order valence-corrected chi connectivity index (χ2v) is 5.17. The van der Waals surface area contributed by atoms with Crippen LogP contribution in [0.4, 0.5) is 11.4 Å². The Balaban J connectivity index is 2.27. The largest absolute Gasteiger partial charge is 0.487 e. The second kappa shape index (κ2) is 5.99. The number of nitro groups is 1. The average Bonchev–Trinajstić information content (AvgIpc) is 2.81. The van der Waals surface area contributed by atoms with Gasteiger partial charge in [-0.25, -0.2) is 0 Å². The lowest BCUT2D eigenvalue weighted by Gasteiger charge is -2.19. The number of carboxylic acids is 1. The lowest BCUT2D eigenvalue weighted by atomic mass is 9.99. The molecule has 21 heavy (non-hydrogen) atoms. The molecule has 0 amide bonds. The maximum atomic E-state index is 11.2. The number of carboxylic acid groups (broad SMARTS) is 1. The zero-order chi connectivity index (χ0) is 15.6. The summed E-state index contributed by atoms with van der Waals surface area (Å²) < 4.78 is 5.32. The molecule has 114 valence electrons. The molecule has 1 aliphatic heterocycles. The first kappa shape index (κ1) is 15.1. The Hall–Kier alpha value is -2.31. The predicted molar refractivity (Wildman–Crippen MR) is 76.8 cm³/mol. The van der Waals surface area contributed by atoms with Gasteiger partial charge in [0.05, 0.1) is 17.4 Å². The number of anilines is 1. The number of benzene rings is 1. The lowest BCUT2D eigenvalue weighted by molar-refractivity contribution is -0.385. The Morgan fingerprint density at radius 3 is 2.76 bits per heavy atom. The first-order chi connectivity index (χ1) is 9.93. The van der Waals surface area contributed by atoms with Crippen LogP contribution in [-0.4, -0.2) is 35.7 Å².